The lowest BCUT2D eigenvalue weighted by atomic mass is 10.0. The van der Waals surface area contributed by atoms with Crippen molar-refractivity contribution in [3.63, 3.8) is 0 Å². The minimum atomic E-state index is -0.214. The van der Waals surface area contributed by atoms with Gasteiger partial charge in [-0.05, 0) is 41.3 Å². The molecular formula is C23H21FN2. The number of halogens is 1. The number of imidazole rings is 1. The van der Waals surface area contributed by atoms with Gasteiger partial charge in [0.05, 0.1) is 11.0 Å². The fourth-order valence-electron chi connectivity index (χ4n) is 3.25. The quantitative estimate of drug-likeness (QED) is 0.443. The molecule has 0 aliphatic rings. The van der Waals surface area contributed by atoms with Gasteiger partial charge in [-0.25, -0.2) is 9.37 Å². The fraction of sp³-hybridized carbons (Fsp3) is 0.174. The Labute approximate surface area is 152 Å². The molecule has 0 bridgehead atoms. The van der Waals surface area contributed by atoms with E-state index in [-0.39, 0.29) is 5.82 Å². The first-order chi connectivity index (χ1) is 12.6. The second-order valence-electron chi connectivity index (χ2n) is 6.91. The molecule has 0 spiro atoms. The minimum Gasteiger partial charge on any atom is -0.319 e. The molecule has 0 saturated heterocycles. The van der Waals surface area contributed by atoms with E-state index in [1.165, 1.54) is 17.7 Å². The molecule has 4 aromatic rings. The van der Waals surface area contributed by atoms with Crippen molar-refractivity contribution in [2.75, 3.05) is 0 Å². The first-order valence-electron chi connectivity index (χ1n) is 8.92. The van der Waals surface area contributed by atoms with Crippen molar-refractivity contribution in [3.05, 3.63) is 89.7 Å². The Bertz CT molecular complexity index is 1030. The molecule has 0 atom stereocenters. The van der Waals surface area contributed by atoms with E-state index in [9.17, 15) is 4.39 Å². The molecule has 0 unspecified atom stereocenters. The molecule has 1 heterocycles. The van der Waals surface area contributed by atoms with Crippen molar-refractivity contribution >= 4 is 11.0 Å². The Kier molecular flexibility index (Phi) is 4.29. The lowest BCUT2D eigenvalue weighted by molar-refractivity contribution is 0.626. The summed E-state index contributed by atoms with van der Waals surface area (Å²) in [7, 11) is 0. The third kappa shape index (κ3) is 3.13. The van der Waals surface area contributed by atoms with Gasteiger partial charge in [-0.2, -0.15) is 0 Å². The number of benzene rings is 3. The molecule has 0 aliphatic carbocycles. The molecule has 1 aromatic heterocycles. The van der Waals surface area contributed by atoms with Gasteiger partial charge in [0.15, 0.2) is 0 Å². The standard InChI is InChI=1S/C23H21FN2/c1-16(2)18-9-11-19(12-10-18)23-25-21-5-3-4-6-22(21)26(23)15-17-7-13-20(24)14-8-17/h3-14,16H,15H2,1-2H3. The van der Waals surface area contributed by atoms with Gasteiger partial charge in [0.25, 0.3) is 0 Å². The lowest BCUT2D eigenvalue weighted by Gasteiger charge is -2.11. The van der Waals surface area contributed by atoms with Gasteiger partial charge in [0.2, 0.25) is 0 Å². The van der Waals surface area contributed by atoms with Crippen molar-refractivity contribution in [2.24, 2.45) is 0 Å². The highest BCUT2D eigenvalue weighted by Gasteiger charge is 2.13. The predicted octanol–water partition coefficient (Wildman–Crippen LogP) is 6.01. The van der Waals surface area contributed by atoms with Gasteiger partial charge in [0, 0.05) is 12.1 Å². The van der Waals surface area contributed by atoms with Crippen LogP contribution in [0.4, 0.5) is 4.39 Å². The van der Waals surface area contributed by atoms with Gasteiger partial charge in [-0.15, -0.1) is 0 Å². The molecule has 3 aromatic carbocycles. The number of nitrogens with zero attached hydrogens (tertiary/aromatic N) is 2. The van der Waals surface area contributed by atoms with Gasteiger partial charge >= 0.3 is 0 Å². The summed E-state index contributed by atoms with van der Waals surface area (Å²) >= 11 is 0. The number of hydrogen-bond acceptors (Lipinski definition) is 1. The molecule has 3 heteroatoms. The Morgan fingerprint density at radius 3 is 2.27 bits per heavy atom. The lowest BCUT2D eigenvalue weighted by Crippen LogP contribution is -2.02. The van der Waals surface area contributed by atoms with Crippen LogP contribution in [0.25, 0.3) is 22.4 Å². The SMILES string of the molecule is CC(C)c1ccc(-c2nc3ccccc3n2Cc2ccc(F)cc2)cc1. The highest BCUT2D eigenvalue weighted by Crippen LogP contribution is 2.27. The molecule has 130 valence electrons. The molecule has 4 rings (SSSR count). The van der Waals surface area contributed by atoms with Gasteiger partial charge in [0.1, 0.15) is 11.6 Å². The molecule has 0 amide bonds. The topological polar surface area (TPSA) is 17.8 Å². The molecule has 26 heavy (non-hydrogen) atoms. The Morgan fingerprint density at radius 2 is 1.58 bits per heavy atom. The van der Waals surface area contributed by atoms with E-state index in [1.54, 1.807) is 0 Å². The van der Waals surface area contributed by atoms with Crippen LogP contribution in [-0.2, 0) is 6.54 Å². The van der Waals surface area contributed by atoms with Gasteiger partial charge in [-0.1, -0.05) is 62.4 Å². The second-order valence-corrected chi connectivity index (χ2v) is 6.91. The van der Waals surface area contributed by atoms with Crippen molar-refractivity contribution < 1.29 is 4.39 Å². The normalized spacial score (nSPS) is 11.4. The van der Waals surface area contributed by atoms with Crippen LogP contribution in [0.2, 0.25) is 0 Å². The minimum absolute atomic E-state index is 0.214. The maximum absolute atomic E-state index is 13.2. The molecule has 0 fully saturated rings. The Hall–Kier alpha value is -2.94. The zero-order valence-electron chi connectivity index (χ0n) is 15.0. The first kappa shape index (κ1) is 16.5. The number of rotatable bonds is 4. The van der Waals surface area contributed by atoms with E-state index in [0.29, 0.717) is 12.5 Å². The summed E-state index contributed by atoms with van der Waals surface area (Å²) in [6.07, 6.45) is 0. The highest BCUT2D eigenvalue weighted by molar-refractivity contribution is 5.80. The summed E-state index contributed by atoms with van der Waals surface area (Å²) in [6.45, 7) is 5.04. The summed E-state index contributed by atoms with van der Waals surface area (Å²) in [5.41, 5.74) is 5.51. The van der Waals surface area contributed by atoms with Crippen LogP contribution < -0.4 is 0 Å². The van der Waals surface area contributed by atoms with E-state index in [0.717, 1.165) is 28.0 Å². The monoisotopic (exact) mass is 344 g/mol. The van der Waals surface area contributed by atoms with Crippen LogP contribution in [-0.4, -0.2) is 9.55 Å². The largest absolute Gasteiger partial charge is 0.319 e. The Morgan fingerprint density at radius 1 is 0.885 bits per heavy atom. The smallest absolute Gasteiger partial charge is 0.141 e. The van der Waals surface area contributed by atoms with Gasteiger partial charge in [-0.3, -0.25) is 0 Å². The van der Waals surface area contributed by atoms with Crippen molar-refractivity contribution in [1.29, 1.82) is 0 Å². The maximum atomic E-state index is 13.2. The van der Waals surface area contributed by atoms with Crippen LogP contribution in [0.1, 0.15) is 30.9 Å². The van der Waals surface area contributed by atoms with Crippen molar-refractivity contribution in [3.8, 4) is 11.4 Å². The molecule has 2 nitrogen and oxygen atoms in total. The average Bonchev–Trinajstić information content (AvgIpc) is 3.02. The third-order valence-corrected chi connectivity index (χ3v) is 4.74. The summed E-state index contributed by atoms with van der Waals surface area (Å²) in [4.78, 5) is 4.86. The molecule has 0 N–H and O–H groups in total. The van der Waals surface area contributed by atoms with Gasteiger partial charge < -0.3 is 4.57 Å². The predicted molar refractivity (Wildman–Crippen MR) is 105 cm³/mol. The van der Waals surface area contributed by atoms with Crippen LogP contribution in [0.15, 0.2) is 72.8 Å². The average molecular weight is 344 g/mol. The summed E-state index contributed by atoms with van der Waals surface area (Å²) in [5, 5.41) is 0. The summed E-state index contributed by atoms with van der Waals surface area (Å²) in [6, 6.07) is 23.4. The van der Waals surface area contributed by atoms with Crippen molar-refractivity contribution in [2.45, 2.75) is 26.3 Å². The van der Waals surface area contributed by atoms with Crippen LogP contribution >= 0.6 is 0 Å². The Balaban J connectivity index is 1.82. The number of para-hydroxylation sites is 2. The molecular weight excluding hydrogens is 323 g/mol. The fourth-order valence-corrected chi connectivity index (χ4v) is 3.25. The van der Waals surface area contributed by atoms with Crippen LogP contribution in [0.5, 0.6) is 0 Å². The van der Waals surface area contributed by atoms with Crippen LogP contribution in [0, 0.1) is 5.82 Å². The highest BCUT2D eigenvalue weighted by atomic mass is 19.1. The van der Waals surface area contributed by atoms with E-state index in [1.807, 2.05) is 30.3 Å². The zero-order chi connectivity index (χ0) is 18.1. The molecule has 0 aliphatic heterocycles. The van der Waals surface area contributed by atoms with E-state index in [2.05, 4.69) is 48.7 Å². The van der Waals surface area contributed by atoms with E-state index >= 15 is 0 Å². The maximum Gasteiger partial charge on any atom is 0.141 e. The van der Waals surface area contributed by atoms with Crippen LogP contribution in [0.3, 0.4) is 0 Å². The van der Waals surface area contributed by atoms with Crippen molar-refractivity contribution in [1.82, 2.24) is 9.55 Å². The number of hydrogen-bond donors (Lipinski definition) is 0. The third-order valence-electron chi connectivity index (χ3n) is 4.74. The number of fused-ring (bicyclic) bond motifs is 1. The van der Waals surface area contributed by atoms with E-state index < -0.39 is 0 Å². The zero-order valence-corrected chi connectivity index (χ0v) is 15.0. The second kappa shape index (κ2) is 6.75. The summed E-state index contributed by atoms with van der Waals surface area (Å²) < 4.78 is 15.4. The molecule has 0 radical (unpaired) electrons. The number of aromatic nitrogens is 2. The van der Waals surface area contributed by atoms with E-state index in [4.69, 9.17) is 4.98 Å². The molecule has 0 saturated carbocycles. The summed E-state index contributed by atoms with van der Waals surface area (Å²) in [5.74, 6) is 1.22. The first-order valence-corrected chi connectivity index (χ1v) is 8.92.